The van der Waals surface area contributed by atoms with Crippen molar-refractivity contribution < 1.29 is 9.59 Å². The van der Waals surface area contributed by atoms with Gasteiger partial charge in [-0.3, -0.25) is 9.59 Å². The van der Waals surface area contributed by atoms with Crippen LogP contribution in [0.15, 0.2) is 0 Å². The molecular weight excluding hydrogens is 240 g/mol. The molecule has 2 aliphatic heterocycles. The van der Waals surface area contributed by atoms with Gasteiger partial charge in [-0.05, 0) is 45.4 Å². The second kappa shape index (κ2) is 6.40. The predicted molar refractivity (Wildman–Crippen MR) is 74.7 cm³/mol. The number of nitrogens with zero attached hydrogens (tertiary/aromatic N) is 2. The fourth-order valence-corrected chi connectivity index (χ4v) is 3.30. The largest absolute Gasteiger partial charge is 0.338 e. The first-order valence-corrected chi connectivity index (χ1v) is 7.75. The van der Waals surface area contributed by atoms with E-state index in [1.807, 2.05) is 16.7 Å². The smallest absolute Gasteiger partial charge is 0.245 e. The zero-order valence-corrected chi connectivity index (χ0v) is 12.2. The molecule has 0 N–H and O–H groups in total. The molecule has 0 radical (unpaired) electrons. The summed E-state index contributed by atoms with van der Waals surface area (Å²) in [6.07, 6.45) is 6.66. The number of carbonyl (C=O) groups is 2. The van der Waals surface area contributed by atoms with Gasteiger partial charge in [-0.25, -0.2) is 0 Å². The topological polar surface area (TPSA) is 40.6 Å². The van der Waals surface area contributed by atoms with E-state index in [1.165, 1.54) is 6.42 Å². The Kier molecular flexibility index (Phi) is 4.83. The molecule has 0 bridgehead atoms. The van der Waals surface area contributed by atoms with Crippen LogP contribution in [0.25, 0.3) is 0 Å². The molecule has 2 heterocycles. The zero-order chi connectivity index (χ0) is 13.8. The number of rotatable bonds is 3. The first-order chi connectivity index (χ1) is 9.15. The van der Waals surface area contributed by atoms with Crippen LogP contribution in [0.3, 0.4) is 0 Å². The minimum Gasteiger partial charge on any atom is -0.338 e. The standard InChI is InChI=1S/C15H26N2O2/c1-3-7-14(18)17-11-6-9-13(17)15(19)16-10-5-4-8-12(16)2/h12-13H,3-11H2,1-2H3/t12-,13+/m1/s1. The lowest BCUT2D eigenvalue weighted by atomic mass is 10.0. The molecule has 0 unspecified atom stereocenters. The Bertz CT molecular complexity index is 343. The minimum atomic E-state index is -0.181. The highest BCUT2D eigenvalue weighted by molar-refractivity contribution is 5.88. The van der Waals surface area contributed by atoms with E-state index < -0.39 is 0 Å². The Morgan fingerprint density at radius 3 is 2.47 bits per heavy atom. The van der Waals surface area contributed by atoms with Crippen molar-refractivity contribution >= 4 is 11.8 Å². The van der Waals surface area contributed by atoms with Crippen LogP contribution in [0.2, 0.25) is 0 Å². The second-order valence-corrected chi connectivity index (χ2v) is 5.87. The van der Waals surface area contributed by atoms with Crippen molar-refractivity contribution in [2.45, 2.75) is 70.9 Å². The average molecular weight is 266 g/mol. The van der Waals surface area contributed by atoms with Crippen LogP contribution in [-0.4, -0.2) is 46.8 Å². The van der Waals surface area contributed by atoms with Crippen molar-refractivity contribution in [1.29, 1.82) is 0 Å². The molecule has 0 spiro atoms. The maximum atomic E-state index is 12.7. The lowest BCUT2D eigenvalue weighted by Gasteiger charge is -2.37. The van der Waals surface area contributed by atoms with Crippen molar-refractivity contribution in [3.05, 3.63) is 0 Å². The van der Waals surface area contributed by atoms with E-state index in [2.05, 4.69) is 6.92 Å². The molecule has 2 amide bonds. The van der Waals surface area contributed by atoms with E-state index in [1.54, 1.807) is 0 Å². The summed E-state index contributed by atoms with van der Waals surface area (Å²) in [6, 6.07) is 0.157. The fourth-order valence-electron chi connectivity index (χ4n) is 3.30. The van der Waals surface area contributed by atoms with E-state index in [4.69, 9.17) is 0 Å². The third-order valence-corrected chi connectivity index (χ3v) is 4.41. The number of carbonyl (C=O) groups excluding carboxylic acids is 2. The molecular formula is C15H26N2O2. The summed E-state index contributed by atoms with van der Waals surface area (Å²) in [5, 5.41) is 0. The number of hydrogen-bond donors (Lipinski definition) is 0. The highest BCUT2D eigenvalue weighted by Crippen LogP contribution is 2.24. The maximum absolute atomic E-state index is 12.7. The minimum absolute atomic E-state index is 0.156. The van der Waals surface area contributed by atoms with Crippen LogP contribution in [0, 0.1) is 0 Å². The fraction of sp³-hybridized carbons (Fsp3) is 0.867. The molecule has 0 saturated carbocycles. The molecule has 2 fully saturated rings. The summed E-state index contributed by atoms with van der Waals surface area (Å²) >= 11 is 0. The van der Waals surface area contributed by atoms with Crippen LogP contribution >= 0.6 is 0 Å². The zero-order valence-electron chi connectivity index (χ0n) is 12.2. The van der Waals surface area contributed by atoms with Crippen LogP contribution < -0.4 is 0 Å². The molecule has 2 atom stereocenters. The van der Waals surface area contributed by atoms with Crippen LogP contribution in [-0.2, 0) is 9.59 Å². The molecule has 19 heavy (non-hydrogen) atoms. The lowest BCUT2D eigenvalue weighted by Crippen LogP contribution is -2.51. The van der Waals surface area contributed by atoms with Crippen molar-refractivity contribution in [3.63, 3.8) is 0 Å². The van der Waals surface area contributed by atoms with Crippen molar-refractivity contribution in [2.75, 3.05) is 13.1 Å². The third kappa shape index (κ3) is 3.10. The van der Waals surface area contributed by atoms with Gasteiger partial charge >= 0.3 is 0 Å². The number of piperidine rings is 1. The molecule has 4 nitrogen and oxygen atoms in total. The molecule has 4 heteroatoms. The van der Waals surface area contributed by atoms with Crippen molar-refractivity contribution in [2.24, 2.45) is 0 Å². The van der Waals surface area contributed by atoms with Gasteiger partial charge in [-0.2, -0.15) is 0 Å². The summed E-state index contributed by atoms with van der Waals surface area (Å²) in [7, 11) is 0. The number of amides is 2. The molecule has 0 aromatic carbocycles. The monoisotopic (exact) mass is 266 g/mol. The highest BCUT2D eigenvalue weighted by atomic mass is 16.2. The molecule has 0 aromatic rings. The Morgan fingerprint density at radius 1 is 1.05 bits per heavy atom. The lowest BCUT2D eigenvalue weighted by molar-refractivity contribution is -0.146. The summed E-state index contributed by atoms with van der Waals surface area (Å²) in [4.78, 5) is 28.6. The van der Waals surface area contributed by atoms with Crippen LogP contribution in [0.4, 0.5) is 0 Å². The highest BCUT2D eigenvalue weighted by Gasteiger charge is 2.37. The molecule has 2 aliphatic rings. The van der Waals surface area contributed by atoms with Gasteiger partial charge in [-0.15, -0.1) is 0 Å². The number of likely N-dealkylation sites (tertiary alicyclic amines) is 2. The van der Waals surface area contributed by atoms with Gasteiger partial charge in [0.25, 0.3) is 0 Å². The summed E-state index contributed by atoms with van der Waals surface area (Å²) in [5.74, 6) is 0.345. The first kappa shape index (κ1) is 14.4. The third-order valence-electron chi connectivity index (χ3n) is 4.41. The summed E-state index contributed by atoms with van der Waals surface area (Å²) in [5.41, 5.74) is 0. The quantitative estimate of drug-likeness (QED) is 0.785. The molecule has 2 rings (SSSR count). The van der Waals surface area contributed by atoms with E-state index in [0.29, 0.717) is 12.5 Å². The molecule has 0 aliphatic carbocycles. The van der Waals surface area contributed by atoms with E-state index in [-0.39, 0.29) is 17.9 Å². The molecule has 108 valence electrons. The SMILES string of the molecule is CCCC(=O)N1CCC[C@H]1C(=O)N1CCCC[C@H]1C. The molecule has 0 aromatic heterocycles. The Hall–Kier alpha value is -1.06. The van der Waals surface area contributed by atoms with Crippen LogP contribution in [0.5, 0.6) is 0 Å². The predicted octanol–water partition coefficient (Wildman–Crippen LogP) is 2.18. The van der Waals surface area contributed by atoms with Crippen molar-refractivity contribution in [3.8, 4) is 0 Å². The Labute approximate surface area is 116 Å². The van der Waals surface area contributed by atoms with E-state index >= 15 is 0 Å². The van der Waals surface area contributed by atoms with Gasteiger partial charge in [0.2, 0.25) is 11.8 Å². The summed E-state index contributed by atoms with van der Waals surface area (Å²) in [6.45, 7) is 5.77. The number of hydrogen-bond acceptors (Lipinski definition) is 2. The van der Waals surface area contributed by atoms with Gasteiger partial charge in [0.1, 0.15) is 6.04 Å². The molecule has 2 saturated heterocycles. The normalized spacial score (nSPS) is 27.7. The Balaban J connectivity index is 2.02. The first-order valence-electron chi connectivity index (χ1n) is 7.75. The maximum Gasteiger partial charge on any atom is 0.245 e. The van der Waals surface area contributed by atoms with E-state index in [0.717, 1.165) is 45.2 Å². The van der Waals surface area contributed by atoms with Gasteiger partial charge in [0.05, 0.1) is 0 Å². The van der Waals surface area contributed by atoms with Gasteiger partial charge in [0, 0.05) is 25.6 Å². The second-order valence-electron chi connectivity index (χ2n) is 5.87. The van der Waals surface area contributed by atoms with Gasteiger partial charge < -0.3 is 9.80 Å². The van der Waals surface area contributed by atoms with Gasteiger partial charge in [0.15, 0.2) is 0 Å². The van der Waals surface area contributed by atoms with E-state index in [9.17, 15) is 9.59 Å². The van der Waals surface area contributed by atoms with Crippen LogP contribution in [0.1, 0.15) is 58.8 Å². The van der Waals surface area contributed by atoms with Crippen molar-refractivity contribution in [1.82, 2.24) is 9.80 Å². The Morgan fingerprint density at radius 2 is 1.79 bits per heavy atom. The van der Waals surface area contributed by atoms with Gasteiger partial charge in [-0.1, -0.05) is 6.92 Å². The summed E-state index contributed by atoms with van der Waals surface area (Å²) < 4.78 is 0. The average Bonchev–Trinajstić information content (AvgIpc) is 2.88.